The molecule has 2 aromatic carbocycles. The van der Waals surface area contributed by atoms with Crippen LogP contribution >= 0.6 is 43.7 Å². The predicted octanol–water partition coefficient (Wildman–Crippen LogP) is -1.76. The third-order valence-corrected chi connectivity index (χ3v) is 6.15. The molecular formula is C20H22Cl4Cu2N4S2. The van der Waals surface area contributed by atoms with Gasteiger partial charge in [0.2, 0.25) is 0 Å². The van der Waals surface area contributed by atoms with E-state index in [-0.39, 0.29) is 24.8 Å². The van der Waals surface area contributed by atoms with Crippen molar-refractivity contribution in [1.82, 2.24) is 0 Å². The molecule has 0 fully saturated rings. The van der Waals surface area contributed by atoms with Crippen LogP contribution in [0.2, 0.25) is 0 Å². The molecule has 4 rings (SSSR count). The van der Waals surface area contributed by atoms with Crippen molar-refractivity contribution in [2.24, 2.45) is 0 Å². The first-order chi connectivity index (χ1) is 14.7. The average molecular weight is 651 g/mol. The molecule has 0 radical (unpaired) electrons. The fourth-order valence-electron chi connectivity index (χ4n) is 2.89. The van der Waals surface area contributed by atoms with Crippen LogP contribution in [0.1, 0.15) is 0 Å². The van der Waals surface area contributed by atoms with Crippen LogP contribution in [0.15, 0.2) is 83.6 Å². The number of benzene rings is 2. The number of fused-ring (bicyclic) bond motifs is 2. The Morgan fingerprint density at radius 3 is 1.34 bits per heavy atom. The molecule has 0 bridgehead atoms. The standard InChI is InChI=1S/2C10H10N2S.4ClH.2Cu/c2*1-2-7-12-8-5-3-4-6-9(8)13-10(12)11;;;;;;/h2*2-6,11H,1,7H2;4*1H;;/q;;;;;;2*+1/p-2. The molecule has 2 unspecified atom stereocenters. The van der Waals surface area contributed by atoms with Crippen LogP contribution in [0.3, 0.4) is 0 Å². The average Bonchev–Trinajstić information content (AvgIpc) is 3.28. The summed E-state index contributed by atoms with van der Waals surface area (Å²) in [6.45, 7) is 9.00. The molecule has 0 saturated carbocycles. The van der Waals surface area contributed by atoms with Crippen molar-refractivity contribution < 1.29 is 64.8 Å². The van der Waals surface area contributed by atoms with Crippen molar-refractivity contribution in [2.45, 2.75) is 9.79 Å². The maximum atomic E-state index is 7.77. The fraction of sp³-hybridized carbons (Fsp3) is 0.100. The summed E-state index contributed by atoms with van der Waals surface area (Å²) in [6.07, 6.45) is 3.71. The second-order valence-corrected chi connectivity index (χ2v) is 7.90. The summed E-state index contributed by atoms with van der Waals surface area (Å²) in [4.78, 5) is 4.61. The number of thioether (sulfide) groups is 2. The summed E-state index contributed by atoms with van der Waals surface area (Å²) in [5, 5.41) is 16.9. The molecule has 4 N–H and O–H groups in total. The number of quaternary nitrogens is 2. The number of rotatable bonds is 4. The number of hydrogen-bond donors (Lipinski definition) is 4. The zero-order valence-corrected chi connectivity index (χ0v) is 23.1. The van der Waals surface area contributed by atoms with Crippen LogP contribution in [0.4, 0.5) is 11.4 Å². The number of amidine groups is 2. The van der Waals surface area contributed by atoms with Crippen LogP contribution in [-0.4, -0.2) is 23.4 Å². The molecule has 2 atom stereocenters. The second-order valence-electron chi connectivity index (χ2n) is 5.80. The molecule has 0 amide bonds. The Balaban J connectivity index is 0. The van der Waals surface area contributed by atoms with Gasteiger partial charge in [-0.2, -0.15) is 0 Å². The zero-order chi connectivity index (χ0) is 22.5. The van der Waals surface area contributed by atoms with Crippen molar-refractivity contribution in [2.75, 3.05) is 13.1 Å². The summed E-state index contributed by atoms with van der Waals surface area (Å²) in [5.74, 6) is 0. The van der Waals surface area contributed by atoms with Gasteiger partial charge in [0.05, 0.1) is 9.79 Å². The first-order valence-corrected chi connectivity index (χ1v) is 12.8. The summed E-state index contributed by atoms with van der Waals surface area (Å²) >= 11 is 10.4. The third kappa shape index (κ3) is 9.38. The van der Waals surface area contributed by atoms with E-state index in [1.807, 2.05) is 36.4 Å². The molecule has 2 aliphatic rings. The second kappa shape index (κ2) is 19.4. The van der Waals surface area contributed by atoms with E-state index in [2.05, 4.69) is 87.8 Å². The molecule has 0 saturated heterocycles. The molecule has 184 valence electrons. The Morgan fingerprint density at radius 1 is 0.719 bits per heavy atom. The van der Waals surface area contributed by atoms with Gasteiger partial charge in [0.25, 0.3) is 10.3 Å². The Labute approximate surface area is 235 Å². The topological polar surface area (TPSA) is 56.6 Å². The quantitative estimate of drug-likeness (QED) is 0.234. The molecule has 2 aromatic rings. The monoisotopic (exact) mass is 648 g/mol. The molecule has 32 heavy (non-hydrogen) atoms. The van der Waals surface area contributed by atoms with Gasteiger partial charge in [-0.3, -0.25) is 0 Å². The van der Waals surface area contributed by atoms with Gasteiger partial charge in [-0.25, -0.2) is 20.6 Å². The van der Waals surface area contributed by atoms with Crippen LogP contribution in [-0.2, 0) is 30.2 Å². The van der Waals surface area contributed by atoms with E-state index in [1.165, 1.54) is 44.7 Å². The van der Waals surface area contributed by atoms with E-state index in [0.29, 0.717) is 10.3 Å². The van der Waals surface area contributed by atoms with Gasteiger partial charge in [0.15, 0.2) is 11.4 Å². The minimum absolute atomic E-state index is 0. The molecule has 0 spiro atoms. The Kier molecular flexibility index (Phi) is 20.8. The first kappa shape index (κ1) is 34.2. The molecular weight excluding hydrogens is 629 g/mol. The summed E-state index contributed by atoms with van der Waals surface area (Å²) in [5.41, 5.74) is 2.41. The first-order valence-electron chi connectivity index (χ1n) is 8.54. The molecule has 0 aliphatic carbocycles. The molecule has 4 nitrogen and oxygen atoms in total. The van der Waals surface area contributed by atoms with Gasteiger partial charge in [-0.05, 0) is 47.8 Å². The number of halogens is 4. The number of hydrogen-bond acceptors (Lipinski definition) is 4. The normalized spacial score (nSPS) is 16.7. The Morgan fingerprint density at radius 2 is 1.03 bits per heavy atom. The number of nitrogens with one attached hydrogen (secondary N) is 4. The van der Waals surface area contributed by atoms with Crippen molar-refractivity contribution in [1.29, 1.82) is 10.8 Å². The van der Waals surface area contributed by atoms with E-state index in [9.17, 15) is 0 Å². The van der Waals surface area contributed by atoms with Gasteiger partial charge < -0.3 is 24.8 Å². The summed E-state index contributed by atoms with van der Waals surface area (Å²) < 4.78 is 0. The van der Waals surface area contributed by atoms with Crippen molar-refractivity contribution in [3.63, 3.8) is 0 Å². The van der Waals surface area contributed by atoms with E-state index in [4.69, 9.17) is 10.8 Å². The molecule has 2 heterocycles. The van der Waals surface area contributed by atoms with Crippen LogP contribution in [0.5, 0.6) is 0 Å². The van der Waals surface area contributed by atoms with Gasteiger partial charge in [0.1, 0.15) is 13.1 Å². The molecule has 12 heteroatoms. The minimum atomic E-state index is 0. The third-order valence-electron chi connectivity index (χ3n) is 4.09. The van der Waals surface area contributed by atoms with E-state index in [0.717, 1.165) is 22.9 Å². The van der Waals surface area contributed by atoms with Gasteiger partial charge in [-0.1, -0.05) is 37.4 Å². The molecule has 0 aromatic heterocycles. The Hall–Kier alpha value is 0.0790. The SMILES string of the molecule is C=CC[NH+]1C(=N)Sc2ccccc21.C=CC[NH+]1C(=N)Sc2ccccc21.[Cl-].[Cl-].[Cl][Cu].[Cl][Cu]. The van der Waals surface area contributed by atoms with Crippen LogP contribution in [0.25, 0.3) is 0 Å². The number of para-hydroxylation sites is 2. The van der Waals surface area contributed by atoms with Crippen molar-refractivity contribution in [3.8, 4) is 0 Å². The van der Waals surface area contributed by atoms with Gasteiger partial charge in [0, 0.05) is 12.1 Å². The van der Waals surface area contributed by atoms with Crippen LogP contribution in [0, 0.1) is 10.8 Å². The van der Waals surface area contributed by atoms with E-state index >= 15 is 0 Å². The van der Waals surface area contributed by atoms with E-state index < -0.39 is 0 Å². The van der Waals surface area contributed by atoms with Gasteiger partial charge >= 0.3 is 50.4 Å². The van der Waals surface area contributed by atoms with E-state index in [1.54, 1.807) is 0 Å². The molecule has 2 aliphatic heterocycles. The maximum absolute atomic E-state index is 7.77. The fourth-order valence-corrected chi connectivity index (χ4v) is 4.86. The van der Waals surface area contributed by atoms with Crippen molar-refractivity contribution in [3.05, 3.63) is 73.8 Å². The van der Waals surface area contributed by atoms with Gasteiger partial charge in [-0.15, -0.1) is 0 Å². The summed E-state index contributed by atoms with van der Waals surface area (Å²) in [7, 11) is 8.40. The summed E-state index contributed by atoms with van der Waals surface area (Å²) in [6, 6.07) is 16.3. The van der Waals surface area contributed by atoms with Crippen LogP contribution < -0.4 is 34.6 Å². The predicted molar refractivity (Wildman–Crippen MR) is 123 cm³/mol. The van der Waals surface area contributed by atoms with Crippen molar-refractivity contribution >= 4 is 65.4 Å². The zero-order valence-electron chi connectivity index (χ0n) is 16.5. The Bertz CT molecular complexity index is 819.